The van der Waals surface area contributed by atoms with Crippen LogP contribution in [0.3, 0.4) is 0 Å². The molecule has 0 saturated heterocycles. The van der Waals surface area contributed by atoms with Crippen LogP contribution in [0.15, 0.2) is 60.7 Å². The molecule has 0 saturated carbocycles. The van der Waals surface area contributed by atoms with E-state index in [0.717, 1.165) is 15.7 Å². The predicted octanol–water partition coefficient (Wildman–Crippen LogP) is 3.34. The van der Waals surface area contributed by atoms with E-state index in [1.165, 1.54) is 0 Å². The molecule has 0 heterocycles. The van der Waals surface area contributed by atoms with Crippen LogP contribution in [0.1, 0.15) is 11.1 Å². The second-order valence-corrected chi connectivity index (χ2v) is 4.37. The third-order valence-corrected chi connectivity index (χ3v) is 2.87. The minimum atomic E-state index is -0.288. The molecule has 4 heteroatoms. The summed E-state index contributed by atoms with van der Waals surface area (Å²) < 4.78 is 0.778. The summed E-state index contributed by atoms with van der Waals surface area (Å²) in [5, 5.41) is 0. The van der Waals surface area contributed by atoms with Gasteiger partial charge in [-0.25, -0.2) is 0 Å². The topological polar surface area (TPSA) is 29.5 Å². The Morgan fingerprint density at radius 3 is 2.05 bits per heavy atom. The fourth-order valence-electron chi connectivity index (χ4n) is 1.61. The van der Waals surface area contributed by atoms with Crippen molar-refractivity contribution in [3.05, 3.63) is 71.8 Å². The number of carbonyl (C=O) groups excluding carboxylic acids is 1. The number of carbonyl (C=O) groups is 1. The molecule has 19 heavy (non-hydrogen) atoms. The number of hydroxylamine groups is 1. The minimum absolute atomic E-state index is 0.221. The number of benzene rings is 2. The fraction of sp³-hybridized carbons (Fsp3) is 0.133. The van der Waals surface area contributed by atoms with Crippen LogP contribution in [0, 0.1) is 0 Å². The van der Waals surface area contributed by atoms with Gasteiger partial charge in [-0.15, -0.1) is 4.58 Å². The molecule has 0 radical (unpaired) electrons. The van der Waals surface area contributed by atoms with Gasteiger partial charge in [-0.05, 0) is 11.1 Å². The van der Waals surface area contributed by atoms with Crippen LogP contribution in [0.25, 0.3) is 0 Å². The first-order valence-electron chi connectivity index (χ1n) is 5.95. The number of halogens is 1. The zero-order valence-corrected chi connectivity index (χ0v) is 11.1. The van der Waals surface area contributed by atoms with E-state index >= 15 is 0 Å². The van der Waals surface area contributed by atoms with Crippen molar-refractivity contribution in [3.63, 3.8) is 0 Å². The first-order valence-corrected chi connectivity index (χ1v) is 6.29. The summed E-state index contributed by atoms with van der Waals surface area (Å²) in [5.41, 5.74) is 1.86. The van der Waals surface area contributed by atoms with Crippen molar-refractivity contribution in [1.29, 1.82) is 0 Å². The first-order chi connectivity index (χ1) is 9.25. The molecule has 2 aromatic carbocycles. The van der Waals surface area contributed by atoms with Crippen LogP contribution in [-0.4, -0.2) is 10.5 Å². The predicted molar refractivity (Wildman–Crippen MR) is 74.1 cm³/mol. The van der Waals surface area contributed by atoms with Gasteiger partial charge in [0.15, 0.2) is 0 Å². The molecule has 1 amide bonds. The van der Waals surface area contributed by atoms with E-state index in [-0.39, 0.29) is 18.9 Å². The van der Waals surface area contributed by atoms with E-state index in [4.69, 9.17) is 16.6 Å². The van der Waals surface area contributed by atoms with E-state index in [0.29, 0.717) is 0 Å². The molecule has 2 aromatic rings. The second kappa shape index (κ2) is 6.92. The third kappa shape index (κ3) is 4.39. The lowest BCUT2D eigenvalue weighted by Crippen LogP contribution is -2.23. The molecular weight excluding hydrogens is 262 g/mol. The van der Waals surface area contributed by atoms with Crippen molar-refractivity contribution >= 4 is 17.7 Å². The summed E-state index contributed by atoms with van der Waals surface area (Å²) in [7, 11) is 0. The summed E-state index contributed by atoms with van der Waals surface area (Å²) in [5.74, 6) is -0.288. The Hall–Kier alpha value is -1.84. The number of amides is 1. The minimum Gasteiger partial charge on any atom is -0.271 e. The lowest BCUT2D eigenvalue weighted by molar-refractivity contribution is -0.160. The molecule has 0 aliphatic rings. The van der Waals surface area contributed by atoms with Gasteiger partial charge in [0.25, 0.3) is 5.91 Å². The molecule has 0 fully saturated rings. The lowest BCUT2D eigenvalue weighted by Gasteiger charge is -2.13. The maximum absolute atomic E-state index is 11.8. The Balaban J connectivity index is 1.83. The van der Waals surface area contributed by atoms with Crippen molar-refractivity contribution in [3.8, 4) is 0 Å². The first kappa shape index (κ1) is 13.6. The standard InChI is InChI=1S/C15H14ClNO2/c16-17(19-12-14-9-5-2-6-10-14)15(18)11-13-7-3-1-4-8-13/h1-10H,11-12H2. The Kier molecular flexibility index (Phi) is 4.95. The number of hydrogen-bond donors (Lipinski definition) is 0. The summed E-state index contributed by atoms with van der Waals surface area (Å²) in [6.07, 6.45) is 0.221. The highest BCUT2D eigenvalue weighted by Crippen LogP contribution is 2.08. The Bertz CT molecular complexity index is 516. The van der Waals surface area contributed by atoms with E-state index < -0.39 is 0 Å². The third-order valence-electron chi connectivity index (χ3n) is 2.58. The molecule has 0 aromatic heterocycles. The Morgan fingerprint density at radius 2 is 1.47 bits per heavy atom. The van der Waals surface area contributed by atoms with Gasteiger partial charge in [0.05, 0.1) is 6.42 Å². The van der Waals surface area contributed by atoms with Gasteiger partial charge in [0, 0.05) is 11.8 Å². The molecule has 3 nitrogen and oxygen atoms in total. The number of hydrogen-bond acceptors (Lipinski definition) is 2. The van der Waals surface area contributed by atoms with Crippen molar-refractivity contribution in [2.45, 2.75) is 13.0 Å². The molecule has 0 N–H and O–H groups in total. The van der Waals surface area contributed by atoms with Crippen LogP contribution in [0.2, 0.25) is 0 Å². The lowest BCUT2D eigenvalue weighted by atomic mass is 10.1. The Morgan fingerprint density at radius 1 is 0.947 bits per heavy atom. The molecule has 0 aliphatic carbocycles. The zero-order valence-electron chi connectivity index (χ0n) is 10.3. The van der Waals surface area contributed by atoms with Gasteiger partial charge in [-0.3, -0.25) is 9.63 Å². The van der Waals surface area contributed by atoms with E-state index in [9.17, 15) is 4.79 Å². The second-order valence-electron chi connectivity index (χ2n) is 4.06. The van der Waals surface area contributed by atoms with Gasteiger partial charge in [0.1, 0.15) is 6.61 Å². The molecule has 0 spiro atoms. The van der Waals surface area contributed by atoms with Crippen LogP contribution in [0.4, 0.5) is 0 Å². The molecule has 0 unspecified atom stereocenters. The molecular formula is C15H14ClNO2. The summed E-state index contributed by atoms with van der Waals surface area (Å²) in [4.78, 5) is 17.0. The average Bonchev–Trinajstić information content (AvgIpc) is 2.47. The highest BCUT2D eigenvalue weighted by Gasteiger charge is 2.12. The smallest absolute Gasteiger partial charge is 0.266 e. The zero-order chi connectivity index (χ0) is 13.5. The van der Waals surface area contributed by atoms with Gasteiger partial charge in [0.2, 0.25) is 0 Å². The maximum atomic E-state index is 11.8. The number of rotatable bonds is 5. The summed E-state index contributed by atoms with van der Waals surface area (Å²) in [6.45, 7) is 0.269. The molecule has 0 bridgehead atoms. The monoisotopic (exact) mass is 275 g/mol. The van der Waals surface area contributed by atoms with Crippen molar-refractivity contribution < 1.29 is 9.63 Å². The van der Waals surface area contributed by atoms with Crippen LogP contribution in [0.5, 0.6) is 0 Å². The average molecular weight is 276 g/mol. The largest absolute Gasteiger partial charge is 0.271 e. The van der Waals surface area contributed by atoms with Crippen LogP contribution < -0.4 is 0 Å². The SMILES string of the molecule is O=C(Cc1ccccc1)N(Cl)OCc1ccccc1. The van der Waals surface area contributed by atoms with Crippen molar-refractivity contribution in [2.75, 3.05) is 0 Å². The maximum Gasteiger partial charge on any atom is 0.266 e. The highest BCUT2D eigenvalue weighted by atomic mass is 35.5. The quantitative estimate of drug-likeness (QED) is 0.619. The van der Waals surface area contributed by atoms with Crippen LogP contribution in [-0.2, 0) is 22.7 Å². The molecule has 0 atom stereocenters. The highest BCUT2D eigenvalue weighted by molar-refractivity contribution is 6.20. The van der Waals surface area contributed by atoms with E-state index in [2.05, 4.69) is 0 Å². The molecule has 0 aliphatic heterocycles. The van der Waals surface area contributed by atoms with Crippen molar-refractivity contribution in [2.24, 2.45) is 0 Å². The van der Waals surface area contributed by atoms with E-state index in [1.54, 1.807) is 0 Å². The van der Waals surface area contributed by atoms with Crippen LogP contribution >= 0.6 is 11.8 Å². The Labute approximate surface area is 117 Å². The van der Waals surface area contributed by atoms with E-state index in [1.807, 2.05) is 60.7 Å². The van der Waals surface area contributed by atoms with Gasteiger partial charge in [-0.1, -0.05) is 60.7 Å². The van der Waals surface area contributed by atoms with Gasteiger partial charge >= 0.3 is 0 Å². The molecule has 2 rings (SSSR count). The molecule has 98 valence electrons. The summed E-state index contributed by atoms with van der Waals surface area (Å²) in [6, 6.07) is 19.0. The van der Waals surface area contributed by atoms with Gasteiger partial charge < -0.3 is 0 Å². The van der Waals surface area contributed by atoms with Gasteiger partial charge in [-0.2, -0.15) is 0 Å². The van der Waals surface area contributed by atoms with Crippen molar-refractivity contribution in [1.82, 2.24) is 4.58 Å². The number of nitrogens with zero attached hydrogens (tertiary/aromatic N) is 1. The fourth-order valence-corrected chi connectivity index (χ4v) is 1.72. The summed E-state index contributed by atoms with van der Waals surface area (Å²) >= 11 is 5.79. The normalized spacial score (nSPS) is 10.2.